The monoisotopic (exact) mass is 236 g/mol. The summed E-state index contributed by atoms with van der Waals surface area (Å²) in [6.45, 7) is 7.00. The summed E-state index contributed by atoms with van der Waals surface area (Å²) in [6, 6.07) is 0.558. The predicted octanol–water partition coefficient (Wildman–Crippen LogP) is 0.351. The van der Waals surface area contributed by atoms with E-state index in [2.05, 4.69) is 31.1 Å². The van der Waals surface area contributed by atoms with E-state index in [1.807, 2.05) is 0 Å². The van der Waals surface area contributed by atoms with Crippen LogP contribution in [0.3, 0.4) is 0 Å². The zero-order valence-electron chi connectivity index (χ0n) is 10.3. The van der Waals surface area contributed by atoms with Crippen LogP contribution >= 0.6 is 0 Å². The average Bonchev–Trinajstić information content (AvgIpc) is 2.08. The molecular weight excluding hydrogens is 212 g/mol. The maximum atomic E-state index is 10.8. The van der Waals surface area contributed by atoms with Gasteiger partial charge >= 0.3 is 0 Å². The van der Waals surface area contributed by atoms with E-state index < -0.39 is 9.84 Å². The van der Waals surface area contributed by atoms with Gasteiger partial charge in [0, 0.05) is 25.4 Å². The molecule has 0 fully saturated rings. The van der Waals surface area contributed by atoms with Crippen molar-refractivity contribution in [2.24, 2.45) is 0 Å². The third kappa shape index (κ3) is 10.2. The number of hydrogen-bond acceptors (Lipinski definition) is 4. The first-order valence-electron chi connectivity index (χ1n) is 5.41. The van der Waals surface area contributed by atoms with Gasteiger partial charge in [-0.3, -0.25) is 0 Å². The molecule has 0 amide bonds. The lowest BCUT2D eigenvalue weighted by atomic mass is 10.3. The number of rotatable bonds is 8. The highest BCUT2D eigenvalue weighted by atomic mass is 32.2. The zero-order chi connectivity index (χ0) is 11.9. The lowest BCUT2D eigenvalue weighted by Crippen LogP contribution is -2.34. The van der Waals surface area contributed by atoms with Gasteiger partial charge in [0.15, 0.2) is 0 Å². The number of nitrogens with zero attached hydrogens (tertiary/aromatic N) is 1. The summed E-state index contributed by atoms with van der Waals surface area (Å²) in [4.78, 5) is 2.25. The quantitative estimate of drug-likeness (QED) is 0.618. The fraction of sp³-hybridized carbons (Fsp3) is 1.00. The molecule has 0 aliphatic rings. The van der Waals surface area contributed by atoms with E-state index in [0.29, 0.717) is 12.5 Å². The van der Waals surface area contributed by atoms with Gasteiger partial charge in [0.25, 0.3) is 0 Å². The molecule has 0 spiro atoms. The summed E-state index contributed by atoms with van der Waals surface area (Å²) in [5.74, 6) is 0.278. The molecule has 0 aromatic rings. The highest BCUT2D eigenvalue weighted by Crippen LogP contribution is 1.91. The number of nitrogens with one attached hydrogen (secondary N) is 1. The van der Waals surface area contributed by atoms with Gasteiger partial charge in [-0.15, -0.1) is 0 Å². The molecule has 0 rings (SSSR count). The van der Waals surface area contributed by atoms with Crippen LogP contribution in [-0.2, 0) is 9.84 Å². The van der Waals surface area contributed by atoms with Crippen LogP contribution in [0.25, 0.3) is 0 Å². The molecule has 0 aliphatic carbocycles. The maximum Gasteiger partial charge on any atom is 0.147 e. The minimum Gasteiger partial charge on any atom is -0.315 e. The highest BCUT2D eigenvalue weighted by molar-refractivity contribution is 7.90. The normalized spacial score (nSPS) is 12.7. The predicted molar refractivity (Wildman–Crippen MR) is 65.0 cm³/mol. The van der Waals surface area contributed by atoms with Gasteiger partial charge in [0.05, 0.1) is 5.75 Å². The summed E-state index contributed by atoms with van der Waals surface area (Å²) in [7, 11) is -0.705. The van der Waals surface area contributed by atoms with Crippen molar-refractivity contribution in [3.63, 3.8) is 0 Å². The fourth-order valence-electron chi connectivity index (χ4n) is 1.10. The third-order valence-corrected chi connectivity index (χ3v) is 3.42. The Morgan fingerprint density at radius 3 is 2.33 bits per heavy atom. The molecule has 0 aromatic carbocycles. The van der Waals surface area contributed by atoms with Crippen molar-refractivity contribution in [2.45, 2.75) is 26.3 Å². The van der Waals surface area contributed by atoms with Crippen LogP contribution in [0.1, 0.15) is 20.3 Å². The molecular formula is C10H24N2O2S. The molecule has 15 heavy (non-hydrogen) atoms. The SMILES string of the molecule is CC(C)N(C)CCNCCCS(C)(=O)=O. The number of hydrogen-bond donors (Lipinski definition) is 1. The average molecular weight is 236 g/mol. The van der Waals surface area contributed by atoms with E-state index in [0.717, 1.165) is 19.6 Å². The lowest BCUT2D eigenvalue weighted by Gasteiger charge is -2.20. The molecule has 0 aromatic heterocycles. The third-order valence-electron chi connectivity index (χ3n) is 2.39. The van der Waals surface area contributed by atoms with Crippen LogP contribution in [0.4, 0.5) is 0 Å². The summed E-state index contributed by atoms with van der Waals surface area (Å²) in [5.41, 5.74) is 0. The smallest absolute Gasteiger partial charge is 0.147 e. The Labute approximate surface area is 94.0 Å². The Hall–Kier alpha value is -0.130. The van der Waals surface area contributed by atoms with Crippen molar-refractivity contribution in [3.8, 4) is 0 Å². The summed E-state index contributed by atoms with van der Waals surface area (Å²) < 4.78 is 21.7. The van der Waals surface area contributed by atoms with Crippen LogP contribution in [0, 0.1) is 0 Å². The summed E-state index contributed by atoms with van der Waals surface area (Å²) in [6.07, 6.45) is 1.98. The Balaban J connectivity index is 3.33. The second-order valence-corrected chi connectivity index (χ2v) is 6.57. The van der Waals surface area contributed by atoms with Crippen molar-refractivity contribution < 1.29 is 8.42 Å². The topological polar surface area (TPSA) is 49.4 Å². The minimum absolute atomic E-state index is 0.278. The van der Waals surface area contributed by atoms with Crippen molar-refractivity contribution >= 4 is 9.84 Å². The molecule has 0 unspecified atom stereocenters. The van der Waals surface area contributed by atoms with Crippen LogP contribution < -0.4 is 5.32 Å². The number of sulfone groups is 1. The molecule has 0 aliphatic heterocycles. The van der Waals surface area contributed by atoms with Crippen molar-refractivity contribution in [2.75, 3.05) is 38.7 Å². The van der Waals surface area contributed by atoms with Gasteiger partial charge in [-0.2, -0.15) is 0 Å². The summed E-state index contributed by atoms with van der Waals surface area (Å²) >= 11 is 0. The second kappa shape index (κ2) is 7.19. The Morgan fingerprint density at radius 2 is 1.87 bits per heavy atom. The van der Waals surface area contributed by atoms with Crippen LogP contribution in [0.2, 0.25) is 0 Å². The van der Waals surface area contributed by atoms with Crippen LogP contribution in [0.5, 0.6) is 0 Å². The van der Waals surface area contributed by atoms with E-state index >= 15 is 0 Å². The molecule has 0 radical (unpaired) electrons. The largest absolute Gasteiger partial charge is 0.315 e. The molecule has 0 atom stereocenters. The van der Waals surface area contributed by atoms with Crippen LogP contribution in [0.15, 0.2) is 0 Å². The molecule has 1 N–H and O–H groups in total. The molecule has 92 valence electrons. The van der Waals surface area contributed by atoms with E-state index in [4.69, 9.17) is 0 Å². The Morgan fingerprint density at radius 1 is 1.27 bits per heavy atom. The van der Waals surface area contributed by atoms with E-state index in [9.17, 15) is 8.42 Å². The molecule has 0 saturated carbocycles. The first kappa shape index (κ1) is 14.9. The Kier molecular flexibility index (Phi) is 7.13. The van der Waals surface area contributed by atoms with Gasteiger partial charge in [-0.05, 0) is 33.9 Å². The minimum atomic E-state index is -2.79. The van der Waals surface area contributed by atoms with Crippen molar-refractivity contribution in [1.82, 2.24) is 10.2 Å². The first-order valence-corrected chi connectivity index (χ1v) is 7.47. The fourth-order valence-corrected chi connectivity index (χ4v) is 1.77. The van der Waals surface area contributed by atoms with Gasteiger partial charge in [-0.1, -0.05) is 0 Å². The second-order valence-electron chi connectivity index (χ2n) is 4.31. The molecule has 4 nitrogen and oxygen atoms in total. The van der Waals surface area contributed by atoms with E-state index in [-0.39, 0.29) is 5.75 Å². The van der Waals surface area contributed by atoms with E-state index in [1.165, 1.54) is 6.26 Å². The molecule has 0 bridgehead atoms. The standard InChI is InChI=1S/C10H24N2O2S/c1-10(2)12(3)8-7-11-6-5-9-15(4,13)14/h10-11H,5-9H2,1-4H3. The van der Waals surface area contributed by atoms with Gasteiger partial charge in [0.1, 0.15) is 9.84 Å². The Bertz CT molecular complexity index is 250. The highest BCUT2D eigenvalue weighted by Gasteiger charge is 2.02. The first-order chi connectivity index (χ1) is 6.83. The van der Waals surface area contributed by atoms with Crippen molar-refractivity contribution in [3.05, 3.63) is 0 Å². The van der Waals surface area contributed by atoms with Crippen molar-refractivity contribution in [1.29, 1.82) is 0 Å². The van der Waals surface area contributed by atoms with Gasteiger partial charge in [0.2, 0.25) is 0 Å². The molecule has 5 heteroatoms. The van der Waals surface area contributed by atoms with Gasteiger partial charge < -0.3 is 10.2 Å². The molecule has 0 heterocycles. The lowest BCUT2D eigenvalue weighted by molar-refractivity contribution is 0.273. The number of likely N-dealkylation sites (N-methyl/N-ethyl adjacent to an activating group) is 1. The van der Waals surface area contributed by atoms with Crippen LogP contribution in [-0.4, -0.2) is 58.1 Å². The molecule has 0 saturated heterocycles. The van der Waals surface area contributed by atoms with Gasteiger partial charge in [-0.25, -0.2) is 8.42 Å². The maximum absolute atomic E-state index is 10.8. The summed E-state index contributed by atoms with van der Waals surface area (Å²) in [5, 5.41) is 3.24. The van der Waals surface area contributed by atoms with E-state index in [1.54, 1.807) is 0 Å². The zero-order valence-corrected chi connectivity index (χ0v) is 11.1.